The highest BCUT2D eigenvalue weighted by Crippen LogP contribution is 2.16. The predicted octanol–water partition coefficient (Wildman–Crippen LogP) is 0.895. The minimum Gasteiger partial charge on any atom is -0.384 e. The summed E-state index contributed by atoms with van der Waals surface area (Å²) in [5.41, 5.74) is 7.19. The Morgan fingerprint density at radius 1 is 1.18 bits per heavy atom. The maximum absolute atomic E-state index is 11.6. The molecule has 0 aliphatic heterocycles. The molecule has 0 spiro atoms. The molecular formula is C11H9N5O. The fourth-order valence-corrected chi connectivity index (χ4v) is 1.64. The summed E-state index contributed by atoms with van der Waals surface area (Å²) in [4.78, 5) is 25.8. The molecule has 4 N–H and O–H groups in total. The smallest absolute Gasteiger partial charge is 0.192 e. The van der Waals surface area contributed by atoms with Crippen LogP contribution in [0.25, 0.3) is 22.6 Å². The summed E-state index contributed by atoms with van der Waals surface area (Å²) in [6.45, 7) is 0. The average Bonchev–Trinajstić information content (AvgIpc) is 2.72. The summed E-state index contributed by atoms with van der Waals surface area (Å²) < 4.78 is 0. The third-order valence-electron chi connectivity index (χ3n) is 2.45. The second kappa shape index (κ2) is 3.44. The van der Waals surface area contributed by atoms with Crippen LogP contribution in [-0.2, 0) is 0 Å². The molecule has 0 aromatic carbocycles. The zero-order valence-corrected chi connectivity index (χ0v) is 8.77. The monoisotopic (exact) mass is 227 g/mol. The number of aromatic amines is 2. The molecule has 0 aliphatic carbocycles. The van der Waals surface area contributed by atoms with Crippen molar-refractivity contribution < 1.29 is 0 Å². The van der Waals surface area contributed by atoms with Crippen molar-refractivity contribution >= 4 is 17.0 Å². The van der Waals surface area contributed by atoms with Crippen LogP contribution < -0.4 is 11.2 Å². The minimum absolute atomic E-state index is 0.101. The second-order valence-electron chi connectivity index (χ2n) is 3.61. The molecule has 0 unspecified atom stereocenters. The van der Waals surface area contributed by atoms with Crippen LogP contribution in [-0.4, -0.2) is 19.9 Å². The van der Waals surface area contributed by atoms with Gasteiger partial charge in [0.15, 0.2) is 11.1 Å². The van der Waals surface area contributed by atoms with E-state index in [9.17, 15) is 4.79 Å². The van der Waals surface area contributed by atoms with Crippen molar-refractivity contribution in [3.05, 3.63) is 40.8 Å². The summed E-state index contributed by atoms with van der Waals surface area (Å²) in [5, 5.41) is 0. The van der Waals surface area contributed by atoms with Gasteiger partial charge < -0.3 is 15.7 Å². The molecule has 0 aliphatic rings. The van der Waals surface area contributed by atoms with Gasteiger partial charge in [-0.1, -0.05) is 0 Å². The van der Waals surface area contributed by atoms with Crippen molar-refractivity contribution in [2.24, 2.45) is 0 Å². The number of H-pyrrole nitrogens is 2. The number of anilines is 1. The van der Waals surface area contributed by atoms with E-state index in [1.54, 1.807) is 24.5 Å². The highest BCUT2D eigenvalue weighted by molar-refractivity contribution is 5.76. The van der Waals surface area contributed by atoms with E-state index in [1.165, 1.54) is 6.07 Å². The summed E-state index contributed by atoms with van der Waals surface area (Å²) in [6, 6.07) is 4.91. The van der Waals surface area contributed by atoms with E-state index in [1.807, 2.05) is 0 Å². The lowest BCUT2D eigenvalue weighted by Gasteiger charge is -1.92. The first kappa shape index (κ1) is 9.59. The van der Waals surface area contributed by atoms with Gasteiger partial charge in [-0.05, 0) is 12.1 Å². The molecule has 3 heterocycles. The number of nitrogens with one attached hydrogen (secondary N) is 2. The Balaban J connectivity index is 2.25. The van der Waals surface area contributed by atoms with Gasteiger partial charge in [0.2, 0.25) is 0 Å². The van der Waals surface area contributed by atoms with E-state index in [0.717, 1.165) is 5.52 Å². The Bertz CT molecular complexity index is 743. The van der Waals surface area contributed by atoms with Crippen LogP contribution in [0, 0.1) is 0 Å². The van der Waals surface area contributed by atoms with Crippen molar-refractivity contribution in [3.8, 4) is 11.4 Å². The van der Waals surface area contributed by atoms with Crippen molar-refractivity contribution in [1.82, 2.24) is 19.9 Å². The lowest BCUT2D eigenvalue weighted by Crippen LogP contribution is -2.03. The number of nitrogen functional groups attached to an aromatic ring is 1. The predicted molar refractivity (Wildman–Crippen MR) is 64.4 cm³/mol. The zero-order chi connectivity index (χ0) is 11.8. The van der Waals surface area contributed by atoms with Gasteiger partial charge in [-0.15, -0.1) is 0 Å². The normalized spacial score (nSPS) is 10.8. The summed E-state index contributed by atoms with van der Waals surface area (Å²) >= 11 is 0. The van der Waals surface area contributed by atoms with Crippen molar-refractivity contribution in [2.75, 3.05) is 5.73 Å². The standard InChI is InChI=1S/C11H9N5O/c12-9-2-1-7-11(15-9)16-10(14-7)6-5-13-4-3-8(6)17/h1-5H,(H,13,17)(H3,12,14,15,16). The Morgan fingerprint density at radius 2 is 2.06 bits per heavy atom. The molecule has 17 heavy (non-hydrogen) atoms. The van der Waals surface area contributed by atoms with Gasteiger partial charge in [-0.2, -0.15) is 0 Å². The van der Waals surface area contributed by atoms with Crippen molar-refractivity contribution in [1.29, 1.82) is 0 Å². The number of fused-ring (bicyclic) bond motifs is 1. The quantitative estimate of drug-likeness (QED) is 0.574. The highest BCUT2D eigenvalue weighted by atomic mass is 16.1. The molecule has 3 aromatic rings. The number of nitrogens with two attached hydrogens (primary N) is 1. The van der Waals surface area contributed by atoms with E-state index in [0.29, 0.717) is 22.9 Å². The number of nitrogens with zero attached hydrogens (tertiary/aromatic N) is 2. The molecule has 0 atom stereocenters. The first-order valence-electron chi connectivity index (χ1n) is 5.04. The maximum Gasteiger partial charge on any atom is 0.192 e. The third-order valence-corrected chi connectivity index (χ3v) is 2.45. The summed E-state index contributed by atoms with van der Waals surface area (Å²) in [6.07, 6.45) is 3.17. The number of rotatable bonds is 1. The SMILES string of the molecule is Nc1ccc2[nH]c(-c3c[nH]ccc3=O)nc2n1. The number of pyridine rings is 2. The minimum atomic E-state index is -0.101. The van der Waals surface area contributed by atoms with Gasteiger partial charge in [-0.3, -0.25) is 4.79 Å². The highest BCUT2D eigenvalue weighted by Gasteiger charge is 2.08. The van der Waals surface area contributed by atoms with Crippen LogP contribution in [0.15, 0.2) is 35.4 Å². The molecule has 0 bridgehead atoms. The fraction of sp³-hybridized carbons (Fsp3) is 0. The van der Waals surface area contributed by atoms with E-state index >= 15 is 0 Å². The molecule has 0 amide bonds. The zero-order valence-electron chi connectivity index (χ0n) is 8.77. The van der Waals surface area contributed by atoms with Gasteiger partial charge in [0.25, 0.3) is 0 Å². The van der Waals surface area contributed by atoms with Gasteiger partial charge in [-0.25, -0.2) is 9.97 Å². The van der Waals surface area contributed by atoms with Gasteiger partial charge in [0, 0.05) is 18.5 Å². The maximum atomic E-state index is 11.6. The molecule has 3 rings (SSSR count). The van der Waals surface area contributed by atoms with Crippen LogP contribution in [0.5, 0.6) is 0 Å². The lowest BCUT2D eigenvalue weighted by atomic mass is 10.2. The average molecular weight is 227 g/mol. The lowest BCUT2D eigenvalue weighted by molar-refractivity contribution is 1.24. The Labute approximate surface area is 95.5 Å². The van der Waals surface area contributed by atoms with Crippen LogP contribution in [0.4, 0.5) is 5.82 Å². The first-order valence-corrected chi connectivity index (χ1v) is 5.04. The number of hydrogen-bond donors (Lipinski definition) is 3. The van der Waals surface area contributed by atoms with Gasteiger partial charge in [0.05, 0.1) is 11.1 Å². The van der Waals surface area contributed by atoms with Crippen molar-refractivity contribution in [3.63, 3.8) is 0 Å². The molecular weight excluding hydrogens is 218 g/mol. The Morgan fingerprint density at radius 3 is 2.88 bits per heavy atom. The van der Waals surface area contributed by atoms with E-state index < -0.39 is 0 Å². The van der Waals surface area contributed by atoms with Crippen LogP contribution >= 0.6 is 0 Å². The van der Waals surface area contributed by atoms with E-state index in [2.05, 4.69) is 19.9 Å². The molecule has 3 aromatic heterocycles. The number of imidazole rings is 1. The third kappa shape index (κ3) is 1.55. The Kier molecular flexibility index (Phi) is 1.94. The molecule has 84 valence electrons. The molecule has 6 heteroatoms. The van der Waals surface area contributed by atoms with Crippen molar-refractivity contribution in [2.45, 2.75) is 0 Å². The number of aromatic nitrogens is 4. The number of hydrogen-bond acceptors (Lipinski definition) is 4. The van der Waals surface area contributed by atoms with Crippen LogP contribution in [0.2, 0.25) is 0 Å². The molecule has 0 radical (unpaired) electrons. The van der Waals surface area contributed by atoms with Crippen LogP contribution in [0.3, 0.4) is 0 Å². The second-order valence-corrected chi connectivity index (χ2v) is 3.61. The summed E-state index contributed by atoms with van der Waals surface area (Å²) in [5.74, 6) is 0.887. The van der Waals surface area contributed by atoms with Gasteiger partial charge >= 0.3 is 0 Å². The van der Waals surface area contributed by atoms with E-state index in [-0.39, 0.29) is 5.43 Å². The molecule has 0 saturated heterocycles. The van der Waals surface area contributed by atoms with Crippen LogP contribution in [0.1, 0.15) is 0 Å². The van der Waals surface area contributed by atoms with Gasteiger partial charge in [0.1, 0.15) is 11.6 Å². The summed E-state index contributed by atoms with van der Waals surface area (Å²) in [7, 11) is 0. The topological polar surface area (TPSA) is 100 Å². The Hall–Kier alpha value is -2.63. The molecule has 0 fully saturated rings. The molecule has 0 saturated carbocycles. The first-order chi connectivity index (χ1) is 8.24. The largest absolute Gasteiger partial charge is 0.384 e. The fourth-order valence-electron chi connectivity index (χ4n) is 1.64. The van der Waals surface area contributed by atoms with E-state index in [4.69, 9.17) is 5.73 Å². The molecule has 6 nitrogen and oxygen atoms in total.